The lowest BCUT2D eigenvalue weighted by Crippen LogP contribution is -2.15. The van der Waals surface area contributed by atoms with Crippen LogP contribution in [0.25, 0.3) is 5.69 Å². The number of rotatable bonds is 7. The van der Waals surface area contributed by atoms with E-state index in [4.69, 9.17) is 0 Å². The van der Waals surface area contributed by atoms with Gasteiger partial charge in [-0.25, -0.2) is 4.68 Å². The van der Waals surface area contributed by atoms with Gasteiger partial charge in [-0.1, -0.05) is 12.1 Å². The van der Waals surface area contributed by atoms with E-state index in [1.807, 2.05) is 0 Å². The van der Waals surface area contributed by atoms with E-state index in [0.29, 0.717) is 40.7 Å². The molecule has 0 bridgehead atoms. The number of hydrogen-bond donors (Lipinski definition) is 1. The summed E-state index contributed by atoms with van der Waals surface area (Å²) in [6.07, 6.45) is 0. The molecule has 0 unspecified atom stereocenters. The first-order valence-electron chi connectivity index (χ1n) is 10.5. The molecule has 2 aromatic carbocycles. The normalized spacial score (nSPS) is 10.8. The van der Waals surface area contributed by atoms with E-state index in [1.54, 1.807) is 67.9 Å². The number of aromatic nitrogens is 4. The molecule has 0 atom stereocenters. The molecule has 0 aliphatic carbocycles. The largest absolute Gasteiger partial charge is 0.312 e. The van der Waals surface area contributed by atoms with Gasteiger partial charge in [-0.05, 0) is 50.6 Å². The summed E-state index contributed by atoms with van der Waals surface area (Å²) in [7, 11) is 0. The summed E-state index contributed by atoms with van der Waals surface area (Å²) in [6, 6.07) is 14.4. The first-order valence-corrected chi connectivity index (χ1v) is 10.5. The summed E-state index contributed by atoms with van der Waals surface area (Å²) in [5.74, 6) is 0.0572. The zero-order chi connectivity index (χ0) is 25.3. The first kappa shape index (κ1) is 23.3. The monoisotopic (exact) mass is 475 g/mol. The third-order valence-electron chi connectivity index (χ3n) is 5.45. The Kier molecular flexibility index (Phi) is 6.10. The Balaban J connectivity index is 1.50. The molecule has 0 aliphatic rings. The lowest BCUT2D eigenvalue weighted by atomic mass is 10.1. The van der Waals surface area contributed by atoms with Crippen molar-refractivity contribution in [1.29, 1.82) is 0 Å². The van der Waals surface area contributed by atoms with E-state index >= 15 is 0 Å². The van der Waals surface area contributed by atoms with Crippen LogP contribution in [0.3, 0.4) is 0 Å². The van der Waals surface area contributed by atoms with Crippen LogP contribution in [-0.2, 0) is 6.54 Å². The molecule has 4 rings (SSSR count). The Morgan fingerprint density at radius 1 is 0.943 bits per heavy atom. The lowest BCUT2D eigenvalue weighted by Gasteiger charge is -2.10. The Morgan fingerprint density at radius 2 is 1.60 bits per heavy atom. The number of benzene rings is 2. The van der Waals surface area contributed by atoms with E-state index in [-0.39, 0.29) is 17.3 Å². The van der Waals surface area contributed by atoms with Crippen LogP contribution in [0.15, 0.2) is 54.6 Å². The molecule has 12 nitrogen and oxygen atoms in total. The van der Waals surface area contributed by atoms with Crippen molar-refractivity contribution in [2.75, 3.05) is 5.32 Å². The molecule has 12 heteroatoms. The molecule has 2 aromatic heterocycles. The van der Waals surface area contributed by atoms with Gasteiger partial charge in [0.25, 0.3) is 11.6 Å². The SMILES string of the molecule is Cc1cc(NC(=O)c2ccc(Cn3nc(C)c([N+](=O)[O-])c3C)cc2)n(-c2ccc([N+](=O)[O-])cc2)n1. The molecule has 0 saturated carbocycles. The molecule has 0 saturated heterocycles. The minimum atomic E-state index is -0.486. The summed E-state index contributed by atoms with van der Waals surface area (Å²) < 4.78 is 3.06. The van der Waals surface area contributed by atoms with Crippen LogP contribution >= 0.6 is 0 Å². The Bertz CT molecular complexity index is 1440. The highest BCUT2D eigenvalue weighted by atomic mass is 16.6. The van der Waals surface area contributed by atoms with Crippen molar-refractivity contribution in [3.8, 4) is 5.69 Å². The van der Waals surface area contributed by atoms with Gasteiger partial charge in [-0.15, -0.1) is 0 Å². The zero-order valence-electron chi connectivity index (χ0n) is 19.1. The predicted octanol–water partition coefficient (Wildman–Crippen LogP) is 4.11. The quantitative estimate of drug-likeness (QED) is 0.312. The third-order valence-corrected chi connectivity index (χ3v) is 5.45. The summed E-state index contributed by atoms with van der Waals surface area (Å²) in [5.41, 5.74) is 3.23. The minimum Gasteiger partial charge on any atom is -0.306 e. The number of nitrogens with one attached hydrogen (secondary N) is 1. The van der Waals surface area contributed by atoms with Crippen molar-refractivity contribution in [3.63, 3.8) is 0 Å². The highest BCUT2D eigenvalue weighted by molar-refractivity contribution is 6.04. The van der Waals surface area contributed by atoms with E-state index in [0.717, 1.165) is 5.56 Å². The molecular weight excluding hydrogens is 454 g/mol. The molecule has 4 aromatic rings. The average molecular weight is 475 g/mol. The maximum absolute atomic E-state index is 12.9. The molecule has 2 heterocycles. The van der Waals surface area contributed by atoms with Crippen LogP contribution in [0.1, 0.15) is 33.0 Å². The number of anilines is 1. The molecule has 35 heavy (non-hydrogen) atoms. The van der Waals surface area contributed by atoms with Crippen molar-refractivity contribution in [1.82, 2.24) is 19.6 Å². The highest BCUT2D eigenvalue weighted by Gasteiger charge is 2.21. The standard InChI is InChI=1S/C23H21N7O5/c1-14-12-21(28(25-14)19-8-10-20(11-9-19)29(32)33)24-23(31)18-6-4-17(5-7-18)13-27-16(3)22(30(34)35)15(2)26-27/h4-12H,13H2,1-3H3,(H,24,31). The molecule has 0 radical (unpaired) electrons. The summed E-state index contributed by atoms with van der Waals surface area (Å²) in [5, 5.41) is 33.5. The number of nitro benzene ring substituents is 1. The molecule has 0 spiro atoms. The predicted molar refractivity (Wildman–Crippen MR) is 127 cm³/mol. The molecule has 1 amide bonds. The summed E-state index contributed by atoms with van der Waals surface area (Å²) in [4.78, 5) is 34.1. The van der Waals surface area contributed by atoms with Gasteiger partial charge in [0.05, 0.1) is 27.8 Å². The maximum Gasteiger partial charge on any atom is 0.312 e. The average Bonchev–Trinajstić information content (AvgIpc) is 3.32. The molecule has 178 valence electrons. The number of nitro groups is 2. The minimum absolute atomic E-state index is 0.000856. The number of non-ortho nitro benzene ring substituents is 1. The van der Waals surface area contributed by atoms with Crippen LogP contribution in [0.2, 0.25) is 0 Å². The smallest absolute Gasteiger partial charge is 0.306 e. The number of carbonyl (C=O) groups excluding carboxylic acids is 1. The van der Waals surface area contributed by atoms with Gasteiger partial charge >= 0.3 is 5.69 Å². The van der Waals surface area contributed by atoms with Gasteiger partial charge in [0.15, 0.2) is 0 Å². The summed E-state index contributed by atoms with van der Waals surface area (Å²) in [6.45, 7) is 5.35. The highest BCUT2D eigenvalue weighted by Crippen LogP contribution is 2.23. The van der Waals surface area contributed by atoms with Gasteiger partial charge in [0.2, 0.25) is 0 Å². The van der Waals surface area contributed by atoms with E-state index < -0.39 is 9.85 Å². The zero-order valence-corrected chi connectivity index (χ0v) is 19.1. The van der Waals surface area contributed by atoms with Crippen LogP contribution in [-0.4, -0.2) is 35.3 Å². The fourth-order valence-corrected chi connectivity index (χ4v) is 3.73. The van der Waals surface area contributed by atoms with Gasteiger partial charge in [0.1, 0.15) is 17.2 Å². The van der Waals surface area contributed by atoms with E-state index in [2.05, 4.69) is 15.5 Å². The number of nitrogens with zero attached hydrogens (tertiary/aromatic N) is 6. The fourth-order valence-electron chi connectivity index (χ4n) is 3.73. The van der Waals surface area contributed by atoms with Crippen LogP contribution in [0.4, 0.5) is 17.2 Å². The van der Waals surface area contributed by atoms with Crippen molar-refractivity contribution in [3.05, 3.63) is 103 Å². The maximum atomic E-state index is 12.9. The second-order valence-corrected chi connectivity index (χ2v) is 7.94. The number of carbonyl (C=O) groups is 1. The molecular formula is C23H21N7O5. The van der Waals surface area contributed by atoms with Crippen LogP contribution in [0, 0.1) is 41.0 Å². The number of hydrogen-bond acceptors (Lipinski definition) is 7. The van der Waals surface area contributed by atoms with Gasteiger partial charge in [-0.2, -0.15) is 10.2 Å². The second-order valence-electron chi connectivity index (χ2n) is 7.94. The molecule has 0 fully saturated rings. The topological polar surface area (TPSA) is 151 Å². The third kappa shape index (κ3) is 4.76. The van der Waals surface area contributed by atoms with Gasteiger partial charge < -0.3 is 5.32 Å². The van der Waals surface area contributed by atoms with Crippen molar-refractivity contribution in [2.45, 2.75) is 27.3 Å². The van der Waals surface area contributed by atoms with Crippen molar-refractivity contribution >= 4 is 23.1 Å². The summed E-state index contributed by atoms with van der Waals surface area (Å²) >= 11 is 0. The second kappa shape index (κ2) is 9.17. The Morgan fingerprint density at radius 3 is 2.17 bits per heavy atom. The fraction of sp³-hybridized carbons (Fsp3) is 0.174. The number of amides is 1. The van der Waals surface area contributed by atoms with Crippen molar-refractivity contribution < 1.29 is 14.6 Å². The molecule has 1 N–H and O–H groups in total. The first-order chi connectivity index (χ1) is 16.6. The Hall–Kier alpha value is -4.87. The number of aryl methyl sites for hydroxylation is 2. The molecule has 0 aliphatic heterocycles. The van der Waals surface area contributed by atoms with Gasteiger partial charge in [0, 0.05) is 23.8 Å². The van der Waals surface area contributed by atoms with Crippen LogP contribution < -0.4 is 5.32 Å². The van der Waals surface area contributed by atoms with Gasteiger partial charge in [-0.3, -0.25) is 29.7 Å². The van der Waals surface area contributed by atoms with E-state index in [9.17, 15) is 25.0 Å². The van der Waals surface area contributed by atoms with E-state index in [1.165, 1.54) is 16.8 Å². The van der Waals surface area contributed by atoms with Crippen LogP contribution in [0.5, 0.6) is 0 Å². The van der Waals surface area contributed by atoms with Crippen molar-refractivity contribution in [2.24, 2.45) is 0 Å². The Labute approximate surface area is 199 Å². The lowest BCUT2D eigenvalue weighted by molar-refractivity contribution is -0.386.